The quantitative estimate of drug-likeness (QED) is 0.228. The Morgan fingerprint density at radius 1 is 0.852 bits per heavy atom. The Labute approximate surface area is 156 Å². The van der Waals surface area contributed by atoms with Crippen molar-refractivity contribution in [1.29, 1.82) is 0 Å². The molecule has 0 atom stereocenters. The molecule has 0 heterocycles. The number of rotatable bonds is 12. The lowest BCUT2D eigenvalue weighted by Crippen LogP contribution is -2.42. The van der Waals surface area contributed by atoms with Crippen molar-refractivity contribution in [2.24, 2.45) is 10.8 Å². The third kappa shape index (κ3) is 5.73. The van der Waals surface area contributed by atoms with Crippen LogP contribution in [-0.2, 0) is 4.74 Å². The van der Waals surface area contributed by atoms with E-state index in [9.17, 15) is 35.4 Å². The van der Waals surface area contributed by atoms with Crippen molar-refractivity contribution >= 4 is 12.0 Å². The van der Waals surface area contributed by atoms with Crippen molar-refractivity contribution < 1.29 is 45.3 Å². The number of hydrogen-bond donors (Lipinski definition) is 7. The summed E-state index contributed by atoms with van der Waals surface area (Å²) in [6, 6.07) is 5.59. The molecule has 0 radical (unpaired) electrons. The molecular weight excluding hydrogens is 360 g/mol. The third-order valence-electron chi connectivity index (χ3n) is 4.40. The van der Waals surface area contributed by atoms with Crippen LogP contribution in [0.2, 0.25) is 0 Å². The Bertz CT molecular complexity index is 608. The van der Waals surface area contributed by atoms with Crippen LogP contribution >= 0.6 is 0 Å². The van der Waals surface area contributed by atoms with E-state index in [0.29, 0.717) is 5.56 Å². The Morgan fingerprint density at radius 3 is 1.78 bits per heavy atom. The molecule has 152 valence electrons. The molecule has 0 amide bonds. The second-order valence-corrected chi connectivity index (χ2v) is 6.52. The molecule has 27 heavy (non-hydrogen) atoms. The van der Waals surface area contributed by atoms with Crippen molar-refractivity contribution in [1.82, 2.24) is 0 Å². The molecule has 0 aliphatic carbocycles. The van der Waals surface area contributed by atoms with Gasteiger partial charge >= 0.3 is 5.97 Å². The molecule has 0 bridgehead atoms. The van der Waals surface area contributed by atoms with Gasteiger partial charge in [-0.2, -0.15) is 0 Å². The monoisotopic (exact) mass is 386 g/mol. The Balaban J connectivity index is 2.95. The molecule has 0 aromatic heterocycles. The van der Waals surface area contributed by atoms with Crippen LogP contribution in [-0.4, -0.2) is 88.0 Å². The Kier molecular flexibility index (Phi) is 8.83. The standard InChI is InChI=1S/C18H26O9/c19-6-17(7-20,8-21)11-27-12-18(9-22,10-23)15(24)5-13-1-3-14(4-2-13)16(25)26/h1-5,19-24H,6-12H2,(H,25,26). The molecule has 9 nitrogen and oxygen atoms in total. The first-order valence-corrected chi connectivity index (χ1v) is 8.18. The fourth-order valence-corrected chi connectivity index (χ4v) is 2.16. The largest absolute Gasteiger partial charge is 0.511 e. The SMILES string of the molecule is O=C(O)c1ccc(C=C(O)C(CO)(CO)COCC(CO)(CO)CO)cc1. The maximum absolute atomic E-state index is 10.9. The van der Waals surface area contributed by atoms with E-state index in [1.165, 1.54) is 30.3 Å². The highest BCUT2D eigenvalue weighted by atomic mass is 16.5. The predicted octanol–water partition coefficient (Wildman–Crippen LogP) is -0.765. The number of ether oxygens (including phenoxy) is 1. The molecule has 0 saturated heterocycles. The number of carbonyl (C=O) groups is 1. The average molecular weight is 386 g/mol. The number of benzene rings is 1. The third-order valence-corrected chi connectivity index (χ3v) is 4.40. The maximum atomic E-state index is 10.9. The summed E-state index contributed by atoms with van der Waals surface area (Å²) < 4.78 is 5.35. The van der Waals surface area contributed by atoms with E-state index in [2.05, 4.69) is 0 Å². The van der Waals surface area contributed by atoms with Gasteiger partial charge in [-0.05, 0) is 23.8 Å². The molecule has 7 N–H and O–H groups in total. The Hall–Kier alpha value is -2.01. The molecule has 1 aromatic carbocycles. The van der Waals surface area contributed by atoms with Crippen molar-refractivity contribution in [3.63, 3.8) is 0 Å². The zero-order chi connectivity index (χ0) is 20.5. The molecule has 0 aliphatic rings. The van der Waals surface area contributed by atoms with Crippen LogP contribution in [0, 0.1) is 10.8 Å². The van der Waals surface area contributed by atoms with Gasteiger partial charge in [0.2, 0.25) is 0 Å². The summed E-state index contributed by atoms with van der Waals surface area (Å²) in [6.07, 6.45) is 1.26. The lowest BCUT2D eigenvalue weighted by atomic mass is 9.87. The van der Waals surface area contributed by atoms with E-state index < -0.39 is 55.6 Å². The minimum absolute atomic E-state index is 0.0684. The van der Waals surface area contributed by atoms with Crippen molar-refractivity contribution in [2.75, 3.05) is 46.2 Å². The number of aliphatic hydroxyl groups excluding tert-OH is 6. The highest BCUT2D eigenvalue weighted by molar-refractivity contribution is 5.87. The van der Waals surface area contributed by atoms with Crippen molar-refractivity contribution in [2.45, 2.75) is 0 Å². The summed E-state index contributed by atoms with van der Waals surface area (Å²) in [4.78, 5) is 10.9. The van der Waals surface area contributed by atoms with E-state index in [1.54, 1.807) is 0 Å². The zero-order valence-corrected chi connectivity index (χ0v) is 14.8. The fourth-order valence-electron chi connectivity index (χ4n) is 2.16. The van der Waals surface area contributed by atoms with Crippen LogP contribution in [0.4, 0.5) is 0 Å². The molecule has 1 aromatic rings. The summed E-state index contributed by atoms with van der Waals surface area (Å²) in [5.41, 5.74) is -2.33. The lowest BCUT2D eigenvalue weighted by Gasteiger charge is -2.32. The summed E-state index contributed by atoms with van der Waals surface area (Å²) in [6.45, 7) is -3.56. The summed E-state index contributed by atoms with van der Waals surface area (Å²) >= 11 is 0. The molecular formula is C18H26O9. The predicted molar refractivity (Wildman–Crippen MR) is 95.1 cm³/mol. The summed E-state index contributed by atoms with van der Waals surface area (Å²) in [5, 5.41) is 66.5. The van der Waals surface area contributed by atoms with Crippen molar-refractivity contribution in [3.05, 3.63) is 41.2 Å². The van der Waals surface area contributed by atoms with Gasteiger partial charge in [0, 0.05) is 0 Å². The van der Waals surface area contributed by atoms with Crippen LogP contribution in [0.5, 0.6) is 0 Å². The Morgan fingerprint density at radius 2 is 1.37 bits per heavy atom. The van der Waals surface area contributed by atoms with Gasteiger partial charge in [-0.3, -0.25) is 0 Å². The highest BCUT2D eigenvalue weighted by Crippen LogP contribution is 2.28. The van der Waals surface area contributed by atoms with E-state index in [0.717, 1.165) is 0 Å². The van der Waals surface area contributed by atoms with E-state index in [-0.39, 0.29) is 18.8 Å². The van der Waals surface area contributed by atoms with Gasteiger partial charge in [0.15, 0.2) is 0 Å². The number of aliphatic hydroxyl groups is 6. The molecule has 0 aliphatic heterocycles. The molecule has 0 fully saturated rings. The maximum Gasteiger partial charge on any atom is 0.335 e. The van der Waals surface area contributed by atoms with Gasteiger partial charge in [-0.25, -0.2) is 4.79 Å². The van der Waals surface area contributed by atoms with E-state index in [1.807, 2.05) is 0 Å². The van der Waals surface area contributed by atoms with Crippen LogP contribution in [0.15, 0.2) is 30.0 Å². The van der Waals surface area contributed by atoms with Gasteiger partial charge < -0.3 is 40.5 Å². The normalized spacial score (nSPS) is 13.0. The van der Waals surface area contributed by atoms with Gasteiger partial charge in [-0.15, -0.1) is 0 Å². The first-order chi connectivity index (χ1) is 12.8. The fraction of sp³-hybridized carbons (Fsp3) is 0.500. The average Bonchev–Trinajstić information content (AvgIpc) is 2.69. The summed E-state index contributed by atoms with van der Waals surface area (Å²) in [5.74, 6) is -1.48. The first kappa shape index (κ1) is 23.0. The minimum Gasteiger partial charge on any atom is -0.511 e. The lowest BCUT2D eigenvalue weighted by molar-refractivity contribution is -0.0893. The molecule has 0 spiro atoms. The van der Waals surface area contributed by atoms with E-state index >= 15 is 0 Å². The molecule has 9 heteroatoms. The summed E-state index contributed by atoms with van der Waals surface area (Å²) in [7, 11) is 0. The number of carboxylic acid groups (broad SMARTS) is 1. The van der Waals surface area contributed by atoms with Crippen LogP contribution in [0.1, 0.15) is 15.9 Å². The number of carboxylic acids is 1. The topological polar surface area (TPSA) is 168 Å². The number of aromatic carboxylic acids is 1. The van der Waals surface area contributed by atoms with Crippen LogP contribution < -0.4 is 0 Å². The number of hydrogen-bond acceptors (Lipinski definition) is 8. The second-order valence-electron chi connectivity index (χ2n) is 6.52. The van der Waals surface area contributed by atoms with Gasteiger partial charge in [0.1, 0.15) is 5.76 Å². The second kappa shape index (κ2) is 10.4. The zero-order valence-electron chi connectivity index (χ0n) is 14.8. The molecule has 1 rings (SSSR count). The first-order valence-electron chi connectivity index (χ1n) is 8.18. The van der Waals surface area contributed by atoms with Gasteiger partial charge in [0.05, 0.1) is 62.6 Å². The van der Waals surface area contributed by atoms with Crippen LogP contribution in [0.25, 0.3) is 6.08 Å². The molecule has 0 unspecified atom stereocenters. The minimum atomic E-state index is -1.56. The van der Waals surface area contributed by atoms with Crippen molar-refractivity contribution in [3.8, 4) is 0 Å². The van der Waals surface area contributed by atoms with E-state index in [4.69, 9.17) is 9.84 Å². The highest BCUT2D eigenvalue weighted by Gasteiger charge is 2.36. The smallest absolute Gasteiger partial charge is 0.335 e. The van der Waals surface area contributed by atoms with Crippen LogP contribution in [0.3, 0.4) is 0 Å². The molecule has 0 saturated carbocycles. The van der Waals surface area contributed by atoms with Gasteiger partial charge in [0.25, 0.3) is 0 Å². The van der Waals surface area contributed by atoms with Gasteiger partial charge in [-0.1, -0.05) is 12.1 Å².